The number of nitrogens with zero attached hydrogens (tertiary/aromatic N) is 5. The van der Waals surface area contributed by atoms with Crippen LogP contribution in [0, 0.1) is 13.8 Å². The fourth-order valence-corrected chi connectivity index (χ4v) is 2.73. The number of aryl methyl sites for hydroxylation is 3. The first-order valence-corrected chi connectivity index (χ1v) is 7.61. The smallest absolute Gasteiger partial charge is 0.275 e. The van der Waals surface area contributed by atoms with Crippen molar-refractivity contribution < 1.29 is 4.79 Å². The zero-order valence-electron chi connectivity index (χ0n) is 13.0. The van der Waals surface area contributed by atoms with E-state index in [1.165, 1.54) is 0 Å². The van der Waals surface area contributed by atoms with Crippen molar-refractivity contribution in [1.29, 1.82) is 0 Å². The van der Waals surface area contributed by atoms with Gasteiger partial charge in [-0.05, 0) is 36.7 Å². The van der Waals surface area contributed by atoms with Gasteiger partial charge in [0.25, 0.3) is 5.91 Å². The highest BCUT2D eigenvalue weighted by atomic mass is 79.9. The number of carbonyl (C=O) groups excluding carboxylic acids is 1. The van der Waals surface area contributed by atoms with Gasteiger partial charge in [-0.15, -0.1) is 0 Å². The Balaban J connectivity index is 2.21. The Hall–Kier alpha value is -1.63. The molecule has 0 N–H and O–H groups in total. The lowest BCUT2D eigenvalue weighted by molar-refractivity contribution is 0.0777. The summed E-state index contributed by atoms with van der Waals surface area (Å²) in [7, 11) is 3.69. The van der Waals surface area contributed by atoms with Crippen LogP contribution in [0.5, 0.6) is 0 Å². The van der Waals surface area contributed by atoms with Gasteiger partial charge < -0.3 is 4.90 Å². The van der Waals surface area contributed by atoms with E-state index >= 15 is 0 Å². The van der Waals surface area contributed by atoms with Crippen molar-refractivity contribution in [3.05, 3.63) is 33.3 Å². The summed E-state index contributed by atoms with van der Waals surface area (Å²) in [6.45, 7) is 7.21. The molecule has 0 fully saturated rings. The Morgan fingerprint density at radius 1 is 1.38 bits per heavy atom. The largest absolute Gasteiger partial charge is 0.336 e. The van der Waals surface area contributed by atoms with Crippen LogP contribution in [0.3, 0.4) is 0 Å². The third-order valence-corrected chi connectivity index (χ3v) is 4.22. The van der Waals surface area contributed by atoms with E-state index in [-0.39, 0.29) is 5.91 Å². The highest BCUT2D eigenvalue weighted by Gasteiger charge is 2.21. The third kappa shape index (κ3) is 3.02. The van der Waals surface area contributed by atoms with Crippen molar-refractivity contribution in [2.24, 2.45) is 7.05 Å². The van der Waals surface area contributed by atoms with E-state index in [4.69, 9.17) is 0 Å². The van der Waals surface area contributed by atoms with Crippen LogP contribution in [0.2, 0.25) is 0 Å². The molecule has 0 aliphatic heterocycles. The molecule has 0 aliphatic rings. The number of aromatic nitrogens is 4. The molecule has 2 rings (SSSR count). The second-order valence-corrected chi connectivity index (χ2v) is 5.97. The van der Waals surface area contributed by atoms with Crippen LogP contribution >= 0.6 is 15.9 Å². The number of halogens is 1. The van der Waals surface area contributed by atoms with Crippen molar-refractivity contribution >= 4 is 21.8 Å². The molecule has 114 valence electrons. The molecule has 1 amide bonds. The van der Waals surface area contributed by atoms with E-state index in [1.807, 2.05) is 38.7 Å². The summed E-state index contributed by atoms with van der Waals surface area (Å²) in [4.78, 5) is 14.2. The summed E-state index contributed by atoms with van der Waals surface area (Å²) in [5.74, 6) is -0.100. The Labute approximate surface area is 132 Å². The van der Waals surface area contributed by atoms with Gasteiger partial charge in [-0.25, -0.2) is 0 Å². The second kappa shape index (κ2) is 6.01. The van der Waals surface area contributed by atoms with Gasteiger partial charge in [-0.2, -0.15) is 10.2 Å². The minimum absolute atomic E-state index is 0.100. The number of rotatable bonds is 4. The molecular formula is C14H20BrN5O. The van der Waals surface area contributed by atoms with E-state index in [0.29, 0.717) is 12.2 Å². The van der Waals surface area contributed by atoms with Crippen molar-refractivity contribution in [3.63, 3.8) is 0 Å². The third-order valence-electron chi connectivity index (χ3n) is 3.64. The molecule has 0 saturated carbocycles. The normalized spacial score (nSPS) is 11.0. The summed E-state index contributed by atoms with van der Waals surface area (Å²) in [5.41, 5.74) is 3.55. The van der Waals surface area contributed by atoms with Crippen molar-refractivity contribution in [1.82, 2.24) is 24.5 Å². The maximum absolute atomic E-state index is 12.5. The van der Waals surface area contributed by atoms with Crippen LogP contribution in [0.15, 0.2) is 10.7 Å². The van der Waals surface area contributed by atoms with Crippen LogP contribution in [0.4, 0.5) is 0 Å². The van der Waals surface area contributed by atoms with Crippen LogP contribution in [-0.4, -0.2) is 37.4 Å². The van der Waals surface area contributed by atoms with Crippen LogP contribution in [0.25, 0.3) is 0 Å². The lowest BCUT2D eigenvalue weighted by Crippen LogP contribution is -2.27. The fourth-order valence-electron chi connectivity index (χ4n) is 2.24. The molecule has 2 heterocycles. The highest BCUT2D eigenvalue weighted by molar-refractivity contribution is 9.10. The topological polar surface area (TPSA) is 56.0 Å². The van der Waals surface area contributed by atoms with E-state index in [1.54, 1.807) is 16.6 Å². The van der Waals surface area contributed by atoms with Gasteiger partial charge in [0.15, 0.2) is 5.69 Å². The maximum Gasteiger partial charge on any atom is 0.275 e. The van der Waals surface area contributed by atoms with E-state index in [9.17, 15) is 4.79 Å². The standard InChI is InChI=1S/C14H20BrN5O/c1-6-20-8-12(15)13(17-20)14(21)18(4)7-11-9(2)16-19(5)10(11)3/h8H,6-7H2,1-5H3. The van der Waals surface area contributed by atoms with Gasteiger partial charge >= 0.3 is 0 Å². The first kappa shape index (κ1) is 15.8. The molecule has 0 aromatic carbocycles. The van der Waals surface area contributed by atoms with E-state index in [0.717, 1.165) is 28.0 Å². The predicted octanol–water partition coefficient (Wildman–Crippen LogP) is 2.29. The average Bonchev–Trinajstić information content (AvgIpc) is 2.93. The second-order valence-electron chi connectivity index (χ2n) is 5.12. The van der Waals surface area contributed by atoms with Gasteiger partial charge in [0, 0.05) is 44.6 Å². The van der Waals surface area contributed by atoms with Gasteiger partial charge in [-0.1, -0.05) is 0 Å². The minimum atomic E-state index is -0.100. The minimum Gasteiger partial charge on any atom is -0.336 e. The molecule has 0 atom stereocenters. The predicted molar refractivity (Wildman–Crippen MR) is 84.1 cm³/mol. The van der Waals surface area contributed by atoms with Gasteiger partial charge in [0.05, 0.1) is 10.2 Å². The van der Waals surface area contributed by atoms with E-state index < -0.39 is 0 Å². The molecule has 0 bridgehead atoms. The first-order chi connectivity index (χ1) is 9.85. The molecular weight excluding hydrogens is 334 g/mol. The fraction of sp³-hybridized carbons (Fsp3) is 0.500. The summed E-state index contributed by atoms with van der Waals surface area (Å²) in [6, 6.07) is 0. The summed E-state index contributed by atoms with van der Waals surface area (Å²) < 4.78 is 4.30. The monoisotopic (exact) mass is 353 g/mol. The number of amides is 1. The molecule has 2 aromatic heterocycles. The zero-order valence-corrected chi connectivity index (χ0v) is 14.6. The number of carbonyl (C=O) groups is 1. The van der Waals surface area contributed by atoms with Gasteiger partial charge in [0.1, 0.15) is 0 Å². The van der Waals surface area contributed by atoms with Gasteiger partial charge in [-0.3, -0.25) is 14.2 Å². The molecule has 21 heavy (non-hydrogen) atoms. The molecule has 0 aliphatic carbocycles. The molecule has 0 saturated heterocycles. The molecule has 0 radical (unpaired) electrons. The Kier molecular flexibility index (Phi) is 4.51. The van der Waals surface area contributed by atoms with E-state index in [2.05, 4.69) is 26.1 Å². The lowest BCUT2D eigenvalue weighted by Gasteiger charge is -2.16. The summed E-state index contributed by atoms with van der Waals surface area (Å²) in [5, 5.41) is 8.68. The number of hydrogen-bond acceptors (Lipinski definition) is 3. The Morgan fingerprint density at radius 2 is 2.05 bits per heavy atom. The quantitative estimate of drug-likeness (QED) is 0.847. The van der Waals surface area contributed by atoms with Crippen LogP contribution in [0.1, 0.15) is 34.4 Å². The molecule has 6 nitrogen and oxygen atoms in total. The summed E-state index contributed by atoms with van der Waals surface area (Å²) >= 11 is 3.40. The Bertz CT molecular complexity index is 673. The molecule has 0 spiro atoms. The van der Waals surface area contributed by atoms with Crippen LogP contribution in [-0.2, 0) is 20.1 Å². The maximum atomic E-state index is 12.5. The van der Waals surface area contributed by atoms with Crippen molar-refractivity contribution in [2.45, 2.75) is 33.9 Å². The molecule has 7 heteroatoms. The number of hydrogen-bond donors (Lipinski definition) is 0. The lowest BCUT2D eigenvalue weighted by atomic mass is 10.2. The average molecular weight is 354 g/mol. The van der Waals surface area contributed by atoms with Crippen LogP contribution < -0.4 is 0 Å². The molecule has 0 unspecified atom stereocenters. The molecule has 2 aromatic rings. The highest BCUT2D eigenvalue weighted by Crippen LogP contribution is 2.19. The van der Waals surface area contributed by atoms with Crippen molar-refractivity contribution in [3.8, 4) is 0 Å². The SMILES string of the molecule is CCn1cc(Br)c(C(=O)N(C)Cc2c(C)nn(C)c2C)n1. The zero-order chi connectivity index (χ0) is 15.7. The summed E-state index contributed by atoms with van der Waals surface area (Å²) in [6.07, 6.45) is 1.82. The first-order valence-electron chi connectivity index (χ1n) is 6.82. The van der Waals surface area contributed by atoms with Crippen molar-refractivity contribution in [2.75, 3.05) is 7.05 Å². The Morgan fingerprint density at radius 3 is 2.52 bits per heavy atom. The van der Waals surface area contributed by atoms with Gasteiger partial charge in [0.2, 0.25) is 0 Å².